The topological polar surface area (TPSA) is 64.8 Å². The number of carbonyl (C=O) groups excluding carboxylic acids is 1. The number of amides is 2. The standard InChI is InChI=1S/C21H26F3N5O2/c1-15-12-17(31-26-15)14-27-8-10-29(11-9-27)20(30)25-18-13-16(21(22,23)24)4-5-19(18)28-6-2-3-7-28/h4-5,12-13H,2-3,6-11,14H2,1H3,(H,25,30). The van der Waals surface area contributed by atoms with E-state index in [1.165, 1.54) is 6.07 Å². The molecule has 0 aliphatic carbocycles. The van der Waals surface area contributed by atoms with Crippen LogP contribution >= 0.6 is 0 Å². The number of hydrogen-bond acceptors (Lipinski definition) is 5. The predicted octanol–water partition coefficient (Wildman–Crippen LogP) is 3.95. The van der Waals surface area contributed by atoms with E-state index < -0.39 is 11.7 Å². The van der Waals surface area contributed by atoms with Gasteiger partial charge < -0.3 is 19.6 Å². The fourth-order valence-corrected chi connectivity index (χ4v) is 4.06. The van der Waals surface area contributed by atoms with Crippen LogP contribution in [0.4, 0.5) is 29.3 Å². The SMILES string of the molecule is Cc1cc(CN2CCN(C(=O)Nc3cc(C(F)(F)F)ccc3N3CCCC3)CC2)on1. The maximum atomic E-state index is 13.2. The van der Waals surface area contributed by atoms with Crippen molar-refractivity contribution in [1.82, 2.24) is 15.0 Å². The van der Waals surface area contributed by atoms with Gasteiger partial charge >= 0.3 is 12.2 Å². The Hall–Kier alpha value is -2.75. The first-order valence-corrected chi connectivity index (χ1v) is 10.5. The van der Waals surface area contributed by atoms with E-state index in [4.69, 9.17) is 4.52 Å². The summed E-state index contributed by atoms with van der Waals surface area (Å²) in [6.07, 6.45) is -2.49. The van der Waals surface area contributed by atoms with Crippen LogP contribution in [-0.4, -0.2) is 60.3 Å². The van der Waals surface area contributed by atoms with Crippen LogP contribution < -0.4 is 10.2 Å². The third-order valence-corrected chi connectivity index (χ3v) is 5.73. The Morgan fingerprint density at radius 1 is 1.10 bits per heavy atom. The van der Waals surface area contributed by atoms with Gasteiger partial charge in [-0.3, -0.25) is 4.90 Å². The second-order valence-corrected chi connectivity index (χ2v) is 8.05. The van der Waals surface area contributed by atoms with Crippen molar-refractivity contribution >= 4 is 17.4 Å². The molecular weight excluding hydrogens is 411 g/mol. The number of halogens is 3. The summed E-state index contributed by atoms with van der Waals surface area (Å²) in [6, 6.07) is 5.07. The molecular formula is C21H26F3N5O2. The molecule has 7 nitrogen and oxygen atoms in total. The van der Waals surface area contributed by atoms with E-state index in [1.54, 1.807) is 4.90 Å². The molecule has 0 bridgehead atoms. The Bertz CT molecular complexity index is 916. The molecule has 0 spiro atoms. The molecule has 2 aliphatic rings. The molecule has 0 radical (unpaired) electrons. The van der Waals surface area contributed by atoms with Gasteiger partial charge in [0, 0.05) is 45.3 Å². The second kappa shape index (κ2) is 8.78. The van der Waals surface area contributed by atoms with Crippen molar-refractivity contribution in [3.05, 3.63) is 41.3 Å². The number of carbonyl (C=O) groups is 1. The van der Waals surface area contributed by atoms with Crippen LogP contribution in [0, 0.1) is 6.92 Å². The van der Waals surface area contributed by atoms with Gasteiger partial charge in [-0.1, -0.05) is 5.16 Å². The van der Waals surface area contributed by atoms with Gasteiger partial charge in [-0.2, -0.15) is 13.2 Å². The first-order chi connectivity index (χ1) is 14.8. The quantitative estimate of drug-likeness (QED) is 0.785. The third kappa shape index (κ3) is 5.12. The summed E-state index contributed by atoms with van der Waals surface area (Å²) < 4.78 is 45.0. The Morgan fingerprint density at radius 3 is 2.42 bits per heavy atom. The molecule has 2 saturated heterocycles. The monoisotopic (exact) mass is 437 g/mol. The van der Waals surface area contributed by atoms with E-state index >= 15 is 0 Å². The minimum atomic E-state index is -4.46. The van der Waals surface area contributed by atoms with Crippen molar-refractivity contribution in [2.75, 3.05) is 49.5 Å². The molecule has 168 valence electrons. The maximum absolute atomic E-state index is 13.2. The maximum Gasteiger partial charge on any atom is 0.416 e. The van der Waals surface area contributed by atoms with E-state index in [0.717, 1.165) is 49.5 Å². The lowest BCUT2D eigenvalue weighted by Crippen LogP contribution is -2.49. The summed E-state index contributed by atoms with van der Waals surface area (Å²) in [5, 5.41) is 6.61. The van der Waals surface area contributed by atoms with Crippen molar-refractivity contribution in [3.63, 3.8) is 0 Å². The highest BCUT2D eigenvalue weighted by molar-refractivity contribution is 5.93. The summed E-state index contributed by atoms with van der Waals surface area (Å²) in [7, 11) is 0. The summed E-state index contributed by atoms with van der Waals surface area (Å²) >= 11 is 0. The molecule has 0 unspecified atom stereocenters. The Kier molecular flexibility index (Phi) is 6.08. The third-order valence-electron chi connectivity index (χ3n) is 5.73. The number of aryl methyl sites for hydroxylation is 1. The molecule has 2 aliphatic heterocycles. The van der Waals surface area contributed by atoms with Gasteiger partial charge in [-0.15, -0.1) is 0 Å². The second-order valence-electron chi connectivity index (χ2n) is 8.05. The van der Waals surface area contributed by atoms with Crippen LogP contribution in [0.3, 0.4) is 0 Å². The fourth-order valence-electron chi connectivity index (χ4n) is 4.06. The molecule has 2 aromatic rings. The highest BCUT2D eigenvalue weighted by atomic mass is 19.4. The van der Waals surface area contributed by atoms with Gasteiger partial charge in [0.15, 0.2) is 5.76 Å². The van der Waals surface area contributed by atoms with E-state index in [1.807, 2.05) is 17.9 Å². The van der Waals surface area contributed by atoms with Gasteiger partial charge in [-0.25, -0.2) is 4.79 Å². The molecule has 2 fully saturated rings. The number of anilines is 2. The molecule has 0 saturated carbocycles. The molecule has 3 heterocycles. The van der Waals surface area contributed by atoms with Crippen molar-refractivity contribution in [2.24, 2.45) is 0 Å². The number of rotatable bonds is 4. The van der Waals surface area contributed by atoms with Crippen LogP contribution in [0.1, 0.15) is 29.9 Å². The molecule has 10 heteroatoms. The van der Waals surface area contributed by atoms with Gasteiger partial charge in [-0.05, 0) is 38.0 Å². The van der Waals surface area contributed by atoms with Gasteiger partial charge in [0.1, 0.15) is 0 Å². The normalized spacial score (nSPS) is 17.9. The smallest absolute Gasteiger partial charge is 0.370 e. The molecule has 0 atom stereocenters. The summed E-state index contributed by atoms with van der Waals surface area (Å²) in [5.74, 6) is 0.773. The van der Waals surface area contributed by atoms with Crippen molar-refractivity contribution < 1.29 is 22.5 Å². The zero-order valence-corrected chi connectivity index (χ0v) is 17.4. The van der Waals surface area contributed by atoms with Gasteiger partial charge in [0.25, 0.3) is 0 Å². The molecule has 1 N–H and O–H groups in total. The summed E-state index contributed by atoms with van der Waals surface area (Å²) in [5.41, 5.74) is 0.903. The number of benzene rings is 1. The Morgan fingerprint density at radius 2 is 1.81 bits per heavy atom. The zero-order valence-electron chi connectivity index (χ0n) is 17.4. The average molecular weight is 437 g/mol. The molecule has 2 amide bonds. The minimum absolute atomic E-state index is 0.210. The Balaban J connectivity index is 1.41. The lowest BCUT2D eigenvalue weighted by molar-refractivity contribution is -0.137. The van der Waals surface area contributed by atoms with Crippen LogP contribution in [0.25, 0.3) is 0 Å². The highest BCUT2D eigenvalue weighted by Gasteiger charge is 2.32. The first kappa shape index (κ1) is 21.5. The number of piperazine rings is 1. The van der Waals surface area contributed by atoms with Crippen molar-refractivity contribution in [3.8, 4) is 0 Å². The number of aromatic nitrogens is 1. The zero-order chi connectivity index (χ0) is 22.0. The average Bonchev–Trinajstić information content (AvgIpc) is 3.40. The molecule has 31 heavy (non-hydrogen) atoms. The molecule has 1 aromatic heterocycles. The van der Waals surface area contributed by atoms with Crippen LogP contribution in [0.5, 0.6) is 0 Å². The van der Waals surface area contributed by atoms with E-state index in [-0.39, 0.29) is 11.7 Å². The van der Waals surface area contributed by atoms with Gasteiger partial charge in [0.2, 0.25) is 0 Å². The molecule has 1 aromatic carbocycles. The Labute approximate surface area is 178 Å². The van der Waals surface area contributed by atoms with Gasteiger partial charge in [0.05, 0.1) is 29.2 Å². The molecule has 4 rings (SSSR count). The summed E-state index contributed by atoms with van der Waals surface area (Å²) in [6.45, 7) is 6.28. The number of nitrogens with one attached hydrogen (secondary N) is 1. The highest BCUT2D eigenvalue weighted by Crippen LogP contribution is 2.36. The lowest BCUT2D eigenvalue weighted by Gasteiger charge is -2.34. The number of hydrogen-bond donors (Lipinski definition) is 1. The fraction of sp³-hybridized carbons (Fsp3) is 0.524. The lowest BCUT2D eigenvalue weighted by atomic mass is 10.1. The first-order valence-electron chi connectivity index (χ1n) is 10.5. The number of alkyl halides is 3. The van der Waals surface area contributed by atoms with E-state index in [9.17, 15) is 18.0 Å². The predicted molar refractivity (Wildman–Crippen MR) is 110 cm³/mol. The van der Waals surface area contributed by atoms with Crippen molar-refractivity contribution in [2.45, 2.75) is 32.5 Å². The van der Waals surface area contributed by atoms with E-state index in [2.05, 4.69) is 15.4 Å². The largest absolute Gasteiger partial charge is 0.416 e. The van der Waals surface area contributed by atoms with E-state index in [0.29, 0.717) is 38.4 Å². The number of nitrogens with zero attached hydrogens (tertiary/aromatic N) is 4. The number of urea groups is 1. The minimum Gasteiger partial charge on any atom is -0.370 e. The van der Waals surface area contributed by atoms with Crippen LogP contribution in [-0.2, 0) is 12.7 Å². The van der Waals surface area contributed by atoms with Crippen LogP contribution in [0.2, 0.25) is 0 Å². The van der Waals surface area contributed by atoms with Crippen molar-refractivity contribution in [1.29, 1.82) is 0 Å². The van der Waals surface area contributed by atoms with Crippen LogP contribution in [0.15, 0.2) is 28.8 Å². The summed E-state index contributed by atoms with van der Waals surface area (Å²) in [4.78, 5) is 18.6.